The molecule has 0 radical (unpaired) electrons. The Morgan fingerprint density at radius 1 is 0.974 bits per heavy atom. The van der Waals surface area contributed by atoms with Crippen LogP contribution in [0.5, 0.6) is 0 Å². The van der Waals surface area contributed by atoms with Crippen LogP contribution in [-0.2, 0) is 32.6 Å². The van der Waals surface area contributed by atoms with Crippen LogP contribution < -0.4 is 9.62 Å². The van der Waals surface area contributed by atoms with Crippen molar-refractivity contribution >= 4 is 33.2 Å². The van der Waals surface area contributed by atoms with Gasteiger partial charge in [-0.1, -0.05) is 66.2 Å². The standard InChI is InChI=1S/C27H30N4O6S/c1-20-12-14-22(15-13-20)18-29(25(27(33)28-2)16-21-8-5-4-6-9-21)26(32)19-30(38(3,36)37)23-10-7-11-24(17-23)31(34)35/h4-15,17,25H,16,18-19H2,1-3H3,(H,28,33). The number of benzene rings is 3. The number of hydrogen-bond donors (Lipinski definition) is 1. The number of nitrogens with zero attached hydrogens (tertiary/aromatic N) is 3. The molecular weight excluding hydrogens is 508 g/mol. The van der Waals surface area contributed by atoms with Crippen molar-refractivity contribution in [1.82, 2.24) is 10.2 Å². The maximum Gasteiger partial charge on any atom is 0.271 e. The van der Waals surface area contributed by atoms with Crippen LogP contribution in [0.15, 0.2) is 78.9 Å². The summed E-state index contributed by atoms with van der Waals surface area (Å²) in [5.74, 6) is -1.04. The quantitative estimate of drug-likeness (QED) is 0.295. The summed E-state index contributed by atoms with van der Waals surface area (Å²) in [5.41, 5.74) is 2.26. The van der Waals surface area contributed by atoms with Gasteiger partial charge in [-0.25, -0.2) is 8.42 Å². The lowest BCUT2D eigenvalue weighted by Gasteiger charge is -2.33. The van der Waals surface area contributed by atoms with Gasteiger partial charge in [0.15, 0.2) is 0 Å². The molecule has 0 aromatic heterocycles. The van der Waals surface area contributed by atoms with E-state index in [9.17, 15) is 28.1 Å². The van der Waals surface area contributed by atoms with Crippen molar-refractivity contribution < 1.29 is 22.9 Å². The maximum atomic E-state index is 13.8. The first kappa shape index (κ1) is 28.3. The molecule has 3 aromatic carbocycles. The molecule has 0 fully saturated rings. The van der Waals surface area contributed by atoms with Crippen LogP contribution >= 0.6 is 0 Å². The van der Waals surface area contributed by atoms with E-state index in [1.165, 1.54) is 30.1 Å². The van der Waals surface area contributed by atoms with E-state index < -0.39 is 39.3 Å². The summed E-state index contributed by atoms with van der Waals surface area (Å²) < 4.78 is 26.3. The van der Waals surface area contributed by atoms with Crippen LogP contribution in [0.4, 0.5) is 11.4 Å². The molecule has 1 N–H and O–H groups in total. The highest BCUT2D eigenvalue weighted by Crippen LogP contribution is 2.24. The average molecular weight is 539 g/mol. The lowest BCUT2D eigenvalue weighted by Crippen LogP contribution is -2.52. The number of sulfonamides is 1. The number of anilines is 1. The Kier molecular flexibility index (Phi) is 9.19. The number of carbonyl (C=O) groups excluding carboxylic acids is 2. The molecule has 0 saturated carbocycles. The number of nitro benzene ring substituents is 1. The Morgan fingerprint density at radius 3 is 2.21 bits per heavy atom. The van der Waals surface area contributed by atoms with Crippen LogP contribution in [0.3, 0.4) is 0 Å². The Labute approximate surface area is 222 Å². The molecule has 0 bridgehead atoms. The number of hydrogen-bond acceptors (Lipinski definition) is 6. The predicted octanol–water partition coefficient (Wildman–Crippen LogP) is 3.06. The number of rotatable bonds is 11. The topological polar surface area (TPSA) is 130 Å². The van der Waals surface area contributed by atoms with Crippen molar-refractivity contribution in [2.75, 3.05) is 24.2 Å². The summed E-state index contributed by atoms with van der Waals surface area (Å²) >= 11 is 0. The third kappa shape index (κ3) is 7.39. The molecule has 2 amide bonds. The smallest absolute Gasteiger partial charge is 0.271 e. The molecule has 200 valence electrons. The van der Waals surface area contributed by atoms with E-state index in [1.54, 1.807) is 0 Å². The van der Waals surface area contributed by atoms with E-state index >= 15 is 0 Å². The van der Waals surface area contributed by atoms with Gasteiger partial charge in [0.1, 0.15) is 12.6 Å². The highest BCUT2D eigenvalue weighted by atomic mass is 32.2. The van der Waals surface area contributed by atoms with Crippen molar-refractivity contribution in [3.8, 4) is 0 Å². The second-order valence-electron chi connectivity index (χ2n) is 8.87. The van der Waals surface area contributed by atoms with Gasteiger partial charge < -0.3 is 10.2 Å². The molecule has 0 aliphatic carbocycles. The van der Waals surface area contributed by atoms with Gasteiger partial charge in [-0.2, -0.15) is 0 Å². The monoisotopic (exact) mass is 538 g/mol. The summed E-state index contributed by atoms with van der Waals surface area (Å²) in [6.45, 7) is 1.34. The summed E-state index contributed by atoms with van der Waals surface area (Å²) in [6.07, 6.45) is 1.12. The van der Waals surface area contributed by atoms with Gasteiger partial charge in [0.05, 0.1) is 16.9 Å². The fraction of sp³-hybridized carbons (Fsp3) is 0.259. The van der Waals surface area contributed by atoms with Gasteiger partial charge in [-0.3, -0.25) is 24.0 Å². The zero-order valence-electron chi connectivity index (χ0n) is 21.4. The molecule has 1 unspecified atom stereocenters. The summed E-state index contributed by atoms with van der Waals surface area (Å²) in [6, 6.07) is 20.8. The van der Waals surface area contributed by atoms with Crippen molar-refractivity contribution in [2.45, 2.75) is 25.9 Å². The second kappa shape index (κ2) is 12.3. The third-order valence-corrected chi connectivity index (χ3v) is 7.14. The minimum atomic E-state index is -4.02. The number of likely N-dealkylation sites (N-methyl/N-ethyl adjacent to an activating group) is 1. The van der Waals surface area contributed by atoms with E-state index in [-0.39, 0.29) is 24.3 Å². The van der Waals surface area contributed by atoms with Gasteiger partial charge in [0.25, 0.3) is 5.69 Å². The first-order valence-electron chi connectivity index (χ1n) is 11.8. The Hall–Kier alpha value is -4.25. The van der Waals surface area contributed by atoms with Gasteiger partial charge in [-0.15, -0.1) is 0 Å². The Balaban J connectivity index is 2.03. The fourth-order valence-corrected chi connectivity index (χ4v) is 4.83. The predicted molar refractivity (Wildman–Crippen MR) is 145 cm³/mol. The molecule has 0 aliphatic heterocycles. The van der Waals surface area contributed by atoms with Gasteiger partial charge in [0.2, 0.25) is 21.8 Å². The van der Waals surface area contributed by atoms with E-state index in [2.05, 4.69) is 5.32 Å². The van der Waals surface area contributed by atoms with Gasteiger partial charge in [-0.05, 0) is 24.1 Å². The molecule has 38 heavy (non-hydrogen) atoms. The zero-order chi connectivity index (χ0) is 27.9. The number of nitrogens with one attached hydrogen (secondary N) is 1. The first-order valence-corrected chi connectivity index (χ1v) is 13.7. The van der Waals surface area contributed by atoms with E-state index in [0.717, 1.165) is 33.3 Å². The summed E-state index contributed by atoms with van der Waals surface area (Å²) in [4.78, 5) is 38.9. The molecule has 0 heterocycles. The fourth-order valence-electron chi connectivity index (χ4n) is 3.99. The summed E-state index contributed by atoms with van der Waals surface area (Å²) in [7, 11) is -2.54. The van der Waals surface area contributed by atoms with Crippen LogP contribution in [0.25, 0.3) is 0 Å². The van der Waals surface area contributed by atoms with Crippen molar-refractivity contribution in [1.29, 1.82) is 0 Å². The van der Waals surface area contributed by atoms with Crippen molar-refractivity contribution in [3.63, 3.8) is 0 Å². The largest absolute Gasteiger partial charge is 0.357 e. The van der Waals surface area contributed by atoms with Crippen LogP contribution in [0, 0.1) is 17.0 Å². The van der Waals surface area contributed by atoms with Gasteiger partial charge >= 0.3 is 0 Å². The minimum Gasteiger partial charge on any atom is -0.357 e. The number of non-ortho nitro benzene ring substituents is 1. The number of carbonyl (C=O) groups is 2. The van der Waals surface area contributed by atoms with Crippen LogP contribution in [0.2, 0.25) is 0 Å². The van der Waals surface area contributed by atoms with Gasteiger partial charge in [0, 0.05) is 32.1 Å². The lowest BCUT2D eigenvalue weighted by molar-refractivity contribution is -0.384. The van der Waals surface area contributed by atoms with Crippen molar-refractivity contribution in [3.05, 3.63) is 106 Å². The highest BCUT2D eigenvalue weighted by Gasteiger charge is 2.32. The molecule has 11 heteroatoms. The Morgan fingerprint density at radius 2 is 1.63 bits per heavy atom. The number of amides is 2. The number of nitro groups is 1. The van der Waals surface area contributed by atoms with E-state index in [0.29, 0.717) is 0 Å². The molecule has 0 saturated heterocycles. The third-order valence-electron chi connectivity index (χ3n) is 6.00. The summed E-state index contributed by atoms with van der Waals surface area (Å²) in [5, 5.41) is 13.9. The van der Waals surface area contributed by atoms with E-state index in [1.807, 2.05) is 61.5 Å². The Bertz CT molecular complexity index is 1390. The van der Waals surface area contributed by atoms with E-state index in [4.69, 9.17) is 0 Å². The molecular formula is C27H30N4O6S. The zero-order valence-corrected chi connectivity index (χ0v) is 22.2. The lowest BCUT2D eigenvalue weighted by atomic mass is 10.0. The molecule has 10 nitrogen and oxygen atoms in total. The average Bonchev–Trinajstić information content (AvgIpc) is 2.89. The highest BCUT2D eigenvalue weighted by molar-refractivity contribution is 7.92. The van der Waals surface area contributed by atoms with Crippen LogP contribution in [-0.4, -0.2) is 55.9 Å². The van der Waals surface area contributed by atoms with Crippen LogP contribution in [0.1, 0.15) is 16.7 Å². The minimum absolute atomic E-state index is 0.0233. The normalized spacial score (nSPS) is 11.9. The molecule has 0 aliphatic rings. The first-order chi connectivity index (χ1) is 18.0. The molecule has 1 atom stereocenters. The second-order valence-corrected chi connectivity index (χ2v) is 10.8. The molecule has 3 rings (SSSR count). The molecule has 0 spiro atoms. The maximum absolute atomic E-state index is 13.8. The van der Waals surface area contributed by atoms with Crippen molar-refractivity contribution in [2.24, 2.45) is 0 Å². The SMILES string of the molecule is CNC(=O)C(Cc1ccccc1)N(Cc1ccc(C)cc1)C(=O)CN(c1cccc([N+](=O)[O-])c1)S(C)(=O)=O. The molecule has 3 aromatic rings. The number of aryl methyl sites for hydroxylation is 1.